The van der Waals surface area contributed by atoms with Crippen LogP contribution in [0.3, 0.4) is 0 Å². The second-order valence-electron chi connectivity index (χ2n) is 5.32. The van der Waals surface area contributed by atoms with Crippen molar-refractivity contribution in [3.05, 3.63) is 12.2 Å². The summed E-state index contributed by atoms with van der Waals surface area (Å²) in [6, 6.07) is 0. The number of hydrogen-bond acceptors (Lipinski definition) is 3. The summed E-state index contributed by atoms with van der Waals surface area (Å²) < 4.78 is 0. The molecule has 1 aliphatic carbocycles. The van der Waals surface area contributed by atoms with Gasteiger partial charge in [-0.15, -0.1) is 0 Å². The average molecular weight is 254 g/mol. The first-order valence-electron chi connectivity index (χ1n) is 7.17. The Kier molecular flexibility index (Phi) is 7.21. The zero-order chi connectivity index (χ0) is 13.4. The van der Waals surface area contributed by atoms with Crippen molar-refractivity contribution in [2.24, 2.45) is 11.8 Å². The molecule has 0 bridgehead atoms. The quantitative estimate of drug-likeness (QED) is 0.397. The van der Waals surface area contributed by atoms with Crippen LogP contribution in [0.4, 0.5) is 0 Å². The summed E-state index contributed by atoms with van der Waals surface area (Å²) in [6.45, 7) is 2.14. The summed E-state index contributed by atoms with van der Waals surface area (Å²) in [7, 11) is 0. The van der Waals surface area contributed by atoms with Crippen molar-refractivity contribution < 1.29 is 15.0 Å². The lowest BCUT2D eigenvalue weighted by atomic mass is 9.91. The predicted octanol–water partition coefficient (Wildman–Crippen LogP) is 2.46. The first-order chi connectivity index (χ1) is 8.69. The fourth-order valence-corrected chi connectivity index (χ4v) is 2.73. The first kappa shape index (κ1) is 15.4. The summed E-state index contributed by atoms with van der Waals surface area (Å²) in [6.07, 6.45) is 10.3. The smallest absolute Gasteiger partial charge is 0.120 e. The Hall–Kier alpha value is -0.670. The number of carbonyl (C=O) groups is 1. The van der Waals surface area contributed by atoms with Gasteiger partial charge in [0.1, 0.15) is 6.29 Å². The van der Waals surface area contributed by atoms with Crippen LogP contribution in [0.2, 0.25) is 0 Å². The van der Waals surface area contributed by atoms with Gasteiger partial charge in [-0.2, -0.15) is 0 Å². The molecular weight excluding hydrogens is 228 g/mol. The number of hydrogen-bond donors (Lipinski definition) is 2. The van der Waals surface area contributed by atoms with Gasteiger partial charge < -0.3 is 15.0 Å². The SMILES string of the molecule is CCCCC[C@H](O)C=C[C@@H]1CC[C@@H](O)[C@H]1CC=O. The molecule has 1 saturated carbocycles. The largest absolute Gasteiger partial charge is 0.393 e. The Labute approximate surface area is 110 Å². The van der Waals surface area contributed by atoms with Crippen LogP contribution in [-0.2, 0) is 4.79 Å². The molecule has 0 unspecified atom stereocenters. The van der Waals surface area contributed by atoms with Crippen molar-refractivity contribution in [3.63, 3.8) is 0 Å². The van der Waals surface area contributed by atoms with Crippen LogP contribution in [0.1, 0.15) is 51.9 Å². The maximum atomic E-state index is 10.6. The minimum absolute atomic E-state index is 0.0431. The topological polar surface area (TPSA) is 57.5 Å². The molecule has 18 heavy (non-hydrogen) atoms. The van der Waals surface area contributed by atoms with Gasteiger partial charge in [0.25, 0.3) is 0 Å². The highest BCUT2D eigenvalue weighted by Crippen LogP contribution is 2.35. The summed E-state index contributed by atoms with van der Waals surface area (Å²) in [5.41, 5.74) is 0. The lowest BCUT2D eigenvalue weighted by Crippen LogP contribution is -2.18. The molecule has 0 saturated heterocycles. The van der Waals surface area contributed by atoms with Gasteiger partial charge in [-0.1, -0.05) is 38.3 Å². The van der Waals surface area contributed by atoms with E-state index in [1.54, 1.807) is 0 Å². The highest BCUT2D eigenvalue weighted by Gasteiger charge is 2.32. The van der Waals surface area contributed by atoms with Gasteiger partial charge in [-0.05, 0) is 31.1 Å². The van der Waals surface area contributed by atoms with Gasteiger partial charge in [-0.25, -0.2) is 0 Å². The van der Waals surface area contributed by atoms with Gasteiger partial charge in [0, 0.05) is 6.42 Å². The molecule has 104 valence electrons. The molecule has 2 N–H and O–H groups in total. The number of aliphatic hydroxyl groups is 2. The van der Waals surface area contributed by atoms with E-state index in [-0.39, 0.29) is 24.0 Å². The van der Waals surface area contributed by atoms with E-state index in [9.17, 15) is 15.0 Å². The van der Waals surface area contributed by atoms with Crippen LogP contribution in [-0.4, -0.2) is 28.7 Å². The lowest BCUT2D eigenvalue weighted by Gasteiger charge is -2.17. The standard InChI is InChI=1S/C15H26O3/c1-2-3-4-5-13(17)8-6-12-7-9-15(18)14(12)10-11-16/h6,8,11-15,17-18H,2-5,7,9-10H2,1H3/t12-,13+,14+,15-/m1/s1. The third-order valence-electron chi connectivity index (χ3n) is 3.89. The van der Waals surface area contributed by atoms with Crippen LogP contribution < -0.4 is 0 Å². The van der Waals surface area contributed by atoms with E-state index < -0.39 is 0 Å². The van der Waals surface area contributed by atoms with Crippen LogP contribution in [0.25, 0.3) is 0 Å². The number of aldehydes is 1. The minimum Gasteiger partial charge on any atom is -0.393 e. The monoisotopic (exact) mass is 254 g/mol. The Morgan fingerprint density at radius 2 is 2.11 bits per heavy atom. The predicted molar refractivity (Wildman–Crippen MR) is 72.2 cm³/mol. The van der Waals surface area contributed by atoms with Crippen molar-refractivity contribution >= 4 is 6.29 Å². The summed E-state index contributed by atoms with van der Waals surface area (Å²) in [4.78, 5) is 10.6. The molecule has 0 radical (unpaired) electrons. The molecule has 0 heterocycles. The molecule has 1 aliphatic rings. The van der Waals surface area contributed by atoms with Crippen molar-refractivity contribution in [3.8, 4) is 0 Å². The molecular formula is C15H26O3. The normalized spacial score (nSPS) is 29.8. The number of unbranched alkanes of at least 4 members (excludes halogenated alkanes) is 2. The molecule has 0 amide bonds. The summed E-state index contributed by atoms with van der Waals surface area (Å²) in [5.74, 6) is 0.285. The van der Waals surface area contributed by atoms with E-state index in [4.69, 9.17) is 0 Å². The second kappa shape index (κ2) is 8.44. The minimum atomic E-state index is -0.383. The lowest BCUT2D eigenvalue weighted by molar-refractivity contribution is -0.109. The zero-order valence-electron chi connectivity index (χ0n) is 11.3. The van der Waals surface area contributed by atoms with Crippen LogP contribution in [0.5, 0.6) is 0 Å². The zero-order valence-corrected chi connectivity index (χ0v) is 11.3. The molecule has 4 atom stereocenters. The van der Waals surface area contributed by atoms with E-state index >= 15 is 0 Å². The third-order valence-corrected chi connectivity index (χ3v) is 3.89. The van der Waals surface area contributed by atoms with E-state index in [1.165, 1.54) is 0 Å². The Bertz CT molecular complexity index is 262. The Morgan fingerprint density at radius 1 is 1.33 bits per heavy atom. The van der Waals surface area contributed by atoms with Gasteiger partial charge in [-0.3, -0.25) is 0 Å². The molecule has 0 spiro atoms. The van der Waals surface area contributed by atoms with E-state index in [0.717, 1.165) is 44.8 Å². The van der Waals surface area contributed by atoms with Gasteiger partial charge in [0.2, 0.25) is 0 Å². The maximum Gasteiger partial charge on any atom is 0.120 e. The van der Waals surface area contributed by atoms with E-state index in [0.29, 0.717) is 6.42 Å². The van der Waals surface area contributed by atoms with Crippen molar-refractivity contribution in [1.29, 1.82) is 0 Å². The first-order valence-corrected chi connectivity index (χ1v) is 7.17. The molecule has 1 fully saturated rings. The summed E-state index contributed by atoms with van der Waals surface area (Å²) >= 11 is 0. The third kappa shape index (κ3) is 4.91. The number of aliphatic hydroxyl groups excluding tert-OH is 2. The van der Waals surface area contributed by atoms with E-state index in [2.05, 4.69) is 6.92 Å². The van der Waals surface area contributed by atoms with Crippen LogP contribution >= 0.6 is 0 Å². The second-order valence-corrected chi connectivity index (χ2v) is 5.32. The highest BCUT2D eigenvalue weighted by atomic mass is 16.3. The number of allylic oxidation sites excluding steroid dienone is 1. The molecule has 3 heteroatoms. The average Bonchev–Trinajstić information content (AvgIpc) is 2.69. The molecule has 0 aromatic carbocycles. The van der Waals surface area contributed by atoms with Gasteiger partial charge in [0.15, 0.2) is 0 Å². The number of carbonyl (C=O) groups excluding carboxylic acids is 1. The van der Waals surface area contributed by atoms with Crippen LogP contribution in [0, 0.1) is 11.8 Å². The van der Waals surface area contributed by atoms with Crippen molar-refractivity contribution in [1.82, 2.24) is 0 Å². The fourth-order valence-electron chi connectivity index (χ4n) is 2.73. The molecule has 0 aromatic rings. The van der Waals surface area contributed by atoms with E-state index in [1.807, 2.05) is 12.2 Å². The Balaban J connectivity index is 2.37. The highest BCUT2D eigenvalue weighted by molar-refractivity contribution is 5.50. The Morgan fingerprint density at radius 3 is 2.78 bits per heavy atom. The molecule has 0 aliphatic heterocycles. The maximum absolute atomic E-state index is 10.6. The van der Waals surface area contributed by atoms with Crippen LogP contribution in [0.15, 0.2) is 12.2 Å². The van der Waals surface area contributed by atoms with Crippen molar-refractivity contribution in [2.45, 2.75) is 64.1 Å². The molecule has 0 aromatic heterocycles. The fraction of sp³-hybridized carbons (Fsp3) is 0.800. The molecule has 1 rings (SSSR count). The summed E-state index contributed by atoms with van der Waals surface area (Å²) in [5, 5.41) is 19.6. The number of rotatable bonds is 8. The molecule has 3 nitrogen and oxygen atoms in total. The van der Waals surface area contributed by atoms with Gasteiger partial charge >= 0.3 is 0 Å². The van der Waals surface area contributed by atoms with Crippen molar-refractivity contribution in [2.75, 3.05) is 0 Å². The van der Waals surface area contributed by atoms with Gasteiger partial charge in [0.05, 0.1) is 12.2 Å².